The Kier molecular flexibility index (Phi) is 11.5. The van der Waals surface area contributed by atoms with E-state index < -0.39 is 0 Å². The molecule has 16 heavy (non-hydrogen) atoms. The monoisotopic (exact) mass is 243 g/mol. The number of hydrogen-bond acceptors (Lipinski definition) is 2. The van der Waals surface area contributed by atoms with Crippen molar-refractivity contribution in [2.24, 2.45) is 10.9 Å². The summed E-state index contributed by atoms with van der Waals surface area (Å²) in [6.07, 6.45) is 7.99. The van der Waals surface area contributed by atoms with Crippen LogP contribution in [-0.4, -0.2) is 24.3 Å². The molecule has 2 atom stereocenters. The summed E-state index contributed by atoms with van der Waals surface area (Å²) in [4.78, 5) is 4.07. The molecule has 0 aliphatic heterocycles. The number of rotatable bonds is 11. The maximum absolute atomic E-state index is 4.07. The molecule has 0 heterocycles. The molecule has 0 bridgehead atoms. The molecule has 0 aliphatic rings. The van der Waals surface area contributed by atoms with Crippen LogP contribution < -0.4 is 0 Å². The Balaban J connectivity index is 3.62. The second-order valence-electron chi connectivity index (χ2n) is 4.65. The van der Waals surface area contributed by atoms with Crippen LogP contribution in [0.15, 0.2) is 4.99 Å². The van der Waals surface area contributed by atoms with Crippen LogP contribution in [0.5, 0.6) is 0 Å². The van der Waals surface area contributed by atoms with E-state index in [1.807, 2.05) is 0 Å². The van der Waals surface area contributed by atoms with E-state index in [1.165, 1.54) is 44.3 Å². The second kappa shape index (κ2) is 11.5. The Morgan fingerprint density at radius 3 is 2.50 bits per heavy atom. The molecule has 0 aliphatic carbocycles. The zero-order chi connectivity index (χ0) is 12.2. The van der Waals surface area contributed by atoms with Crippen molar-refractivity contribution in [2.45, 2.75) is 64.5 Å². The van der Waals surface area contributed by atoms with Gasteiger partial charge in [0.05, 0.1) is 0 Å². The first kappa shape index (κ1) is 16.0. The largest absolute Gasteiger partial charge is 0.301 e. The van der Waals surface area contributed by atoms with Crippen LogP contribution in [0.2, 0.25) is 0 Å². The molecule has 0 aromatic rings. The molecule has 0 fully saturated rings. The number of thioether (sulfide) groups is 1. The van der Waals surface area contributed by atoms with E-state index in [0.29, 0.717) is 0 Å². The lowest BCUT2D eigenvalue weighted by molar-refractivity contribution is 0.459. The van der Waals surface area contributed by atoms with Gasteiger partial charge in [-0.2, -0.15) is 11.8 Å². The van der Waals surface area contributed by atoms with Crippen molar-refractivity contribution in [3.8, 4) is 0 Å². The number of unbranched alkanes of at least 4 members (excludes halogenated alkanes) is 2. The minimum atomic E-state index is 0.778. The fourth-order valence-corrected chi connectivity index (χ4v) is 2.85. The molecule has 0 saturated carbocycles. The van der Waals surface area contributed by atoms with Crippen molar-refractivity contribution in [1.29, 1.82) is 0 Å². The molecule has 2 heteroatoms. The predicted octanol–water partition coefficient (Wildman–Crippen LogP) is 4.81. The van der Waals surface area contributed by atoms with Gasteiger partial charge in [0.25, 0.3) is 0 Å². The first-order valence-corrected chi connectivity index (χ1v) is 7.83. The van der Waals surface area contributed by atoms with Crippen molar-refractivity contribution in [3.63, 3.8) is 0 Å². The molecule has 0 radical (unpaired) electrons. The van der Waals surface area contributed by atoms with Crippen LogP contribution in [0.4, 0.5) is 0 Å². The normalized spacial score (nSPS) is 14.7. The lowest BCUT2D eigenvalue weighted by atomic mass is 9.99. The van der Waals surface area contributed by atoms with Gasteiger partial charge in [0, 0.05) is 11.8 Å². The van der Waals surface area contributed by atoms with Gasteiger partial charge in [-0.15, -0.1) is 0 Å². The maximum atomic E-state index is 4.07. The fraction of sp³-hybridized carbons (Fsp3) is 0.929. The highest BCUT2D eigenvalue weighted by Gasteiger charge is 2.08. The van der Waals surface area contributed by atoms with E-state index in [0.717, 1.165) is 17.7 Å². The summed E-state index contributed by atoms with van der Waals surface area (Å²) in [6, 6.07) is 0. The zero-order valence-electron chi connectivity index (χ0n) is 11.4. The lowest BCUT2D eigenvalue weighted by Crippen LogP contribution is -2.07. The van der Waals surface area contributed by atoms with Crippen molar-refractivity contribution in [1.82, 2.24) is 0 Å². The van der Waals surface area contributed by atoms with E-state index in [-0.39, 0.29) is 0 Å². The van der Waals surface area contributed by atoms with Crippen molar-refractivity contribution < 1.29 is 0 Å². The Hall–Kier alpha value is 0.0200. The molecular weight excluding hydrogens is 214 g/mol. The SMILES string of the molecule is C=NCC(CCCCC)CCSC(C)CC. The van der Waals surface area contributed by atoms with Gasteiger partial charge in [-0.1, -0.05) is 40.0 Å². The average molecular weight is 243 g/mol. The summed E-state index contributed by atoms with van der Waals surface area (Å²) in [5.41, 5.74) is 0. The molecule has 0 saturated heterocycles. The first-order chi connectivity index (χ1) is 7.74. The lowest BCUT2D eigenvalue weighted by Gasteiger charge is -2.15. The van der Waals surface area contributed by atoms with Gasteiger partial charge in [0.2, 0.25) is 0 Å². The van der Waals surface area contributed by atoms with Gasteiger partial charge in [0.15, 0.2) is 0 Å². The predicted molar refractivity (Wildman–Crippen MR) is 78.9 cm³/mol. The van der Waals surface area contributed by atoms with E-state index in [4.69, 9.17) is 0 Å². The molecule has 0 spiro atoms. The molecule has 96 valence electrons. The van der Waals surface area contributed by atoms with E-state index in [9.17, 15) is 0 Å². The molecule has 0 N–H and O–H groups in total. The Labute approximate surface area is 107 Å². The first-order valence-electron chi connectivity index (χ1n) is 6.78. The van der Waals surface area contributed by atoms with Crippen LogP contribution in [0.1, 0.15) is 59.3 Å². The van der Waals surface area contributed by atoms with Crippen molar-refractivity contribution in [3.05, 3.63) is 0 Å². The summed E-state index contributed by atoms with van der Waals surface area (Å²) >= 11 is 2.11. The van der Waals surface area contributed by atoms with Gasteiger partial charge in [-0.25, -0.2) is 0 Å². The van der Waals surface area contributed by atoms with E-state index >= 15 is 0 Å². The van der Waals surface area contributed by atoms with Gasteiger partial charge in [0.1, 0.15) is 0 Å². The highest BCUT2D eigenvalue weighted by atomic mass is 32.2. The van der Waals surface area contributed by atoms with Gasteiger partial charge in [-0.05, 0) is 37.7 Å². The summed E-state index contributed by atoms with van der Waals surface area (Å²) in [5, 5.41) is 0.813. The van der Waals surface area contributed by atoms with Crippen molar-refractivity contribution in [2.75, 3.05) is 12.3 Å². The number of hydrogen-bond donors (Lipinski definition) is 0. The summed E-state index contributed by atoms with van der Waals surface area (Å²) in [5.74, 6) is 2.07. The molecule has 1 nitrogen and oxygen atoms in total. The number of aliphatic imine (C=N–C) groups is 1. The van der Waals surface area contributed by atoms with Crippen LogP contribution in [0.3, 0.4) is 0 Å². The minimum Gasteiger partial charge on any atom is -0.301 e. The molecule has 2 unspecified atom stereocenters. The second-order valence-corrected chi connectivity index (χ2v) is 6.19. The summed E-state index contributed by atoms with van der Waals surface area (Å²) in [7, 11) is 0. The highest BCUT2D eigenvalue weighted by Crippen LogP contribution is 2.20. The van der Waals surface area contributed by atoms with Gasteiger partial charge >= 0.3 is 0 Å². The van der Waals surface area contributed by atoms with E-state index in [1.54, 1.807) is 0 Å². The van der Waals surface area contributed by atoms with Crippen LogP contribution in [0, 0.1) is 5.92 Å². The summed E-state index contributed by atoms with van der Waals surface area (Å²) in [6.45, 7) is 11.4. The number of nitrogens with zero attached hydrogens (tertiary/aromatic N) is 1. The smallest absolute Gasteiger partial charge is 0.0410 e. The van der Waals surface area contributed by atoms with Crippen LogP contribution in [-0.2, 0) is 0 Å². The van der Waals surface area contributed by atoms with Crippen LogP contribution in [0.25, 0.3) is 0 Å². The zero-order valence-corrected chi connectivity index (χ0v) is 12.2. The van der Waals surface area contributed by atoms with E-state index in [2.05, 4.69) is 44.2 Å². The Morgan fingerprint density at radius 1 is 1.19 bits per heavy atom. The van der Waals surface area contributed by atoms with Gasteiger partial charge < -0.3 is 4.99 Å². The Bertz CT molecular complexity index is 159. The highest BCUT2D eigenvalue weighted by molar-refractivity contribution is 7.99. The minimum absolute atomic E-state index is 0.778. The summed E-state index contributed by atoms with van der Waals surface area (Å²) < 4.78 is 0. The molecule has 0 aromatic heterocycles. The van der Waals surface area contributed by atoms with Crippen molar-refractivity contribution >= 4 is 18.5 Å². The molecule has 0 rings (SSSR count). The average Bonchev–Trinajstić information content (AvgIpc) is 2.29. The van der Waals surface area contributed by atoms with Gasteiger partial charge in [-0.3, -0.25) is 0 Å². The fourth-order valence-electron chi connectivity index (χ4n) is 1.75. The third-order valence-corrected chi connectivity index (χ3v) is 4.48. The Morgan fingerprint density at radius 2 is 1.94 bits per heavy atom. The third-order valence-electron chi connectivity index (χ3n) is 3.11. The maximum Gasteiger partial charge on any atom is 0.0410 e. The standard InChI is InChI=1S/C14H29NS/c1-5-7-8-9-14(12-15-4)10-11-16-13(3)6-2/h13-14H,4-12H2,1-3H3. The molecule has 0 aromatic carbocycles. The molecular formula is C14H29NS. The quantitative estimate of drug-likeness (QED) is 0.375. The third kappa shape index (κ3) is 9.26. The molecule has 0 amide bonds. The topological polar surface area (TPSA) is 12.4 Å². The van der Waals surface area contributed by atoms with Crippen LogP contribution >= 0.6 is 11.8 Å².